The summed E-state index contributed by atoms with van der Waals surface area (Å²) in [5.41, 5.74) is 2.39. The van der Waals surface area contributed by atoms with Crippen LogP contribution in [0.2, 0.25) is 0 Å². The van der Waals surface area contributed by atoms with E-state index in [1.54, 1.807) is 19.5 Å². The summed E-state index contributed by atoms with van der Waals surface area (Å²) in [4.78, 5) is 29.6. The van der Waals surface area contributed by atoms with E-state index < -0.39 is 5.41 Å². The van der Waals surface area contributed by atoms with Gasteiger partial charge in [-0.15, -0.1) is 0 Å². The Hall–Kier alpha value is -3.07. The number of rotatable bonds is 2. The smallest absolute Gasteiger partial charge is 0.226 e. The summed E-state index contributed by atoms with van der Waals surface area (Å²) in [5.74, 6) is 0.966. The molecule has 6 heteroatoms. The highest BCUT2D eigenvalue weighted by Gasteiger charge is 2.49. The van der Waals surface area contributed by atoms with Gasteiger partial charge in [0.05, 0.1) is 19.4 Å². The van der Waals surface area contributed by atoms with Gasteiger partial charge in [-0.3, -0.25) is 4.98 Å². The van der Waals surface area contributed by atoms with Crippen LogP contribution in [-0.2, 0) is 16.6 Å². The van der Waals surface area contributed by atoms with Crippen molar-refractivity contribution in [3.63, 3.8) is 0 Å². The lowest BCUT2D eigenvalue weighted by Crippen LogP contribution is -2.46. The predicted octanol–water partition coefficient (Wildman–Crippen LogP) is 3.39. The summed E-state index contributed by atoms with van der Waals surface area (Å²) in [7, 11) is 1.61. The molecule has 2 heterocycles. The van der Waals surface area contributed by atoms with Crippen molar-refractivity contribution in [2.24, 2.45) is 11.8 Å². The van der Waals surface area contributed by atoms with E-state index in [0.29, 0.717) is 11.7 Å². The minimum absolute atomic E-state index is 0.0636. The lowest BCUT2D eigenvalue weighted by atomic mass is 9.58. The molecule has 2 aliphatic rings. The number of ketones is 1. The maximum absolute atomic E-state index is 12.5. The summed E-state index contributed by atoms with van der Waals surface area (Å²) < 4.78 is 5.59. The Morgan fingerprint density at radius 2 is 2.04 bits per heavy atom. The maximum Gasteiger partial charge on any atom is 0.226 e. The van der Waals surface area contributed by atoms with E-state index in [4.69, 9.17) is 16.3 Å². The third-order valence-corrected chi connectivity index (χ3v) is 5.91. The number of nitrogens with zero attached hydrogens (tertiary/aromatic N) is 4. The molecule has 0 aromatic carbocycles. The number of allylic oxidation sites excluding steroid dienone is 2. The van der Waals surface area contributed by atoms with Gasteiger partial charge in [0.2, 0.25) is 11.6 Å². The van der Waals surface area contributed by atoms with Crippen molar-refractivity contribution in [3.8, 4) is 17.3 Å². The van der Waals surface area contributed by atoms with Gasteiger partial charge in [-0.05, 0) is 30.9 Å². The fourth-order valence-corrected chi connectivity index (χ4v) is 4.51. The Labute approximate surface area is 158 Å². The predicted molar refractivity (Wildman–Crippen MR) is 99.8 cm³/mol. The third-order valence-electron chi connectivity index (χ3n) is 5.91. The molecule has 3 atom stereocenters. The Balaban J connectivity index is 1.98. The summed E-state index contributed by atoms with van der Waals surface area (Å²) in [6.45, 7) is 11.4. The van der Waals surface area contributed by atoms with Crippen molar-refractivity contribution in [2.45, 2.75) is 32.1 Å². The first-order valence-corrected chi connectivity index (χ1v) is 9.00. The zero-order valence-corrected chi connectivity index (χ0v) is 15.6. The molecule has 0 bridgehead atoms. The standard InChI is InChI=1S/C21H20N4O2/c1-12-15-6-5-14-18(21(15,2)11-16(22-3)17(12)26)24-19(25-20(14)27-4)13-7-9-23-10-8-13/h7-12,15H,5-6H2,1-2,4H3/t12-,15-,21-/m0/s1. The number of Topliss-reactive ketones (excluding diaryl/α,β-unsaturated/α-hetero) is 1. The molecule has 0 N–H and O–H groups in total. The maximum atomic E-state index is 12.5. The summed E-state index contributed by atoms with van der Waals surface area (Å²) in [6, 6.07) is 3.72. The van der Waals surface area contributed by atoms with E-state index in [1.807, 2.05) is 25.1 Å². The van der Waals surface area contributed by atoms with Gasteiger partial charge in [0.1, 0.15) is 0 Å². The number of fused-ring (bicyclic) bond motifs is 3. The van der Waals surface area contributed by atoms with Crippen LogP contribution in [0.25, 0.3) is 16.2 Å². The summed E-state index contributed by atoms with van der Waals surface area (Å²) in [6.07, 6.45) is 6.81. The molecule has 0 saturated carbocycles. The zero-order valence-electron chi connectivity index (χ0n) is 15.6. The number of methoxy groups -OCH3 is 1. The molecular formula is C21H20N4O2. The van der Waals surface area contributed by atoms with Gasteiger partial charge in [0.25, 0.3) is 0 Å². The second-order valence-corrected chi connectivity index (χ2v) is 7.34. The van der Waals surface area contributed by atoms with Gasteiger partial charge in [-0.2, -0.15) is 4.98 Å². The molecular weight excluding hydrogens is 340 g/mol. The van der Waals surface area contributed by atoms with Gasteiger partial charge >= 0.3 is 0 Å². The molecule has 0 fully saturated rings. The van der Waals surface area contributed by atoms with Crippen LogP contribution in [0.15, 0.2) is 36.3 Å². The van der Waals surface area contributed by atoms with E-state index in [-0.39, 0.29) is 23.3 Å². The van der Waals surface area contributed by atoms with Crippen LogP contribution in [0.4, 0.5) is 0 Å². The van der Waals surface area contributed by atoms with Crippen molar-refractivity contribution in [1.82, 2.24) is 15.0 Å². The fraction of sp³-hybridized carbons (Fsp3) is 0.381. The van der Waals surface area contributed by atoms with Gasteiger partial charge in [0.15, 0.2) is 11.6 Å². The second-order valence-electron chi connectivity index (χ2n) is 7.34. The number of aromatic nitrogens is 3. The average molecular weight is 360 g/mol. The van der Waals surface area contributed by atoms with Crippen LogP contribution in [-0.4, -0.2) is 27.8 Å². The largest absolute Gasteiger partial charge is 0.481 e. The number of ether oxygens (including phenoxy) is 1. The van der Waals surface area contributed by atoms with Gasteiger partial charge in [-0.25, -0.2) is 9.83 Å². The fourth-order valence-electron chi connectivity index (χ4n) is 4.51. The molecule has 0 unspecified atom stereocenters. The highest BCUT2D eigenvalue weighted by molar-refractivity contribution is 6.00. The van der Waals surface area contributed by atoms with Crippen molar-refractivity contribution in [1.29, 1.82) is 0 Å². The minimum atomic E-state index is -0.501. The number of carbonyl (C=O) groups is 1. The Bertz CT molecular complexity index is 993. The molecule has 0 spiro atoms. The van der Waals surface area contributed by atoms with E-state index in [0.717, 1.165) is 29.7 Å². The first-order valence-electron chi connectivity index (χ1n) is 9.00. The van der Waals surface area contributed by atoms with E-state index in [2.05, 4.69) is 21.7 Å². The Kier molecular flexibility index (Phi) is 4.03. The van der Waals surface area contributed by atoms with E-state index in [1.165, 1.54) is 0 Å². The van der Waals surface area contributed by atoms with Crippen molar-refractivity contribution in [2.75, 3.05) is 7.11 Å². The van der Waals surface area contributed by atoms with Crippen LogP contribution >= 0.6 is 0 Å². The minimum Gasteiger partial charge on any atom is -0.481 e. The molecule has 2 aromatic heterocycles. The molecule has 0 amide bonds. The summed E-state index contributed by atoms with van der Waals surface area (Å²) >= 11 is 0. The topological polar surface area (TPSA) is 69.3 Å². The van der Waals surface area contributed by atoms with Gasteiger partial charge in [-0.1, -0.05) is 19.9 Å². The molecule has 2 aromatic rings. The molecule has 0 radical (unpaired) electrons. The summed E-state index contributed by atoms with van der Waals surface area (Å²) in [5, 5.41) is 0. The Morgan fingerprint density at radius 1 is 1.30 bits per heavy atom. The van der Waals surface area contributed by atoms with Crippen molar-refractivity contribution < 1.29 is 9.53 Å². The van der Waals surface area contributed by atoms with Crippen LogP contribution in [0.3, 0.4) is 0 Å². The monoisotopic (exact) mass is 360 g/mol. The highest BCUT2D eigenvalue weighted by Crippen LogP contribution is 2.51. The molecule has 0 saturated heterocycles. The van der Waals surface area contributed by atoms with Crippen LogP contribution in [0.1, 0.15) is 31.5 Å². The quantitative estimate of drug-likeness (QED) is 0.768. The molecule has 27 heavy (non-hydrogen) atoms. The van der Waals surface area contributed by atoms with Gasteiger partial charge in [0, 0.05) is 34.9 Å². The van der Waals surface area contributed by atoms with Crippen molar-refractivity contribution in [3.05, 3.63) is 59.0 Å². The lowest BCUT2D eigenvalue weighted by molar-refractivity contribution is -0.121. The number of hydrogen-bond acceptors (Lipinski definition) is 5. The number of hydrogen-bond donors (Lipinski definition) is 0. The van der Waals surface area contributed by atoms with Crippen molar-refractivity contribution >= 4 is 5.78 Å². The molecule has 2 aliphatic carbocycles. The SMILES string of the molecule is [C-]#[N+]C1=C[C@]2(C)c3nc(-c4ccncc4)nc(OC)c3CC[C@H]2[C@H](C)C1=O. The third kappa shape index (κ3) is 2.54. The van der Waals surface area contributed by atoms with Gasteiger partial charge < -0.3 is 9.53 Å². The van der Waals surface area contributed by atoms with E-state index in [9.17, 15) is 4.79 Å². The first kappa shape index (κ1) is 17.3. The van der Waals surface area contributed by atoms with Crippen LogP contribution < -0.4 is 4.74 Å². The number of carbonyl (C=O) groups excluding carboxylic acids is 1. The average Bonchev–Trinajstić information content (AvgIpc) is 2.70. The molecule has 4 rings (SSSR count). The normalized spacial score (nSPS) is 26.4. The lowest BCUT2D eigenvalue weighted by Gasteiger charge is -2.45. The highest BCUT2D eigenvalue weighted by atomic mass is 16.5. The molecule has 6 nitrogen and oxygen atoms in total. The van der Waals surface area contributed by atoms with E-state index >= 15 is 0 Å². The second kappa shape index (κ2) is 6.27. The van der Waals surface area contributed by atoms with Crippen LogP contribution in [0, 0.1) is 18.4 Å². The van der Waals surface area contributed by atoms with Crippen LogP contribution in [0.5, 0.6) is 5.88 Å². The number of pyridine rings is 1. The first-order chi connectivity index (χ1) is 13.0. The molecule has 136 valence electrons. The Morgan fingerprint density at radius 3 is 2.70 bits per heavy atom. The molecule has 0 aliphatic heterocycles. The zero-order chi connectivity index (χ0) is 19.2.